The van der Waals surface area contributed by atoms with E-state index in [9.17, 15) is 26.2 Å². The van der Waals surface area contributed by atoms with Crippen LogP contribution in [0.25, 0.3) is 0 Å². The van der Waals surface area contributed by atoms with Gasteiger partial charge >= 0.3 is 0 Å². The minimum Gasteiger partial charge on any atom is -0.311 e. The molecule has 1 amide bonds. The highest BCUT2D eigenvalue weighted by Crippen LogP contribution is 2.30. The summed E-state index contributed by atoms with van der Waals surface area (Å²) < 4.78 is 54.0. The number of primary sulfonamides is 1. The molecule has 1 aliphatic heterocycles. The van der Waals surface area contributed by atoms with Crippen molar-refractivity contribution in [2.45, 2.75) is 11.3 Å². The largest absolute Gasteiger partial charge is 0.311 e. The number of benzene rings is 1. The maximum absolute atomic E-state index is 12.0. The van der Waals surface area contributed by atoms with E-state index in [1.165, 1.54) is 24.3 Å². The first-order valence-electron chi connectivity index (χ1n) is 5.95. The van der Waals surface area contributed by atoms with Gasteiger partial charge in [0, 0.05) is 18.9 Å². The quantitative estimate of drug-likeness (QED) is 0.718. The number of nitrogens with two attached hydrogens (primary N) is 1. The number of rotatable bonds is 4. The van der Waals surface area contributed by atoms with Gasteiger partial charge in [-0.25, -0.2) is 13.6 Å². The van der Waals surface area contributed by atoms with Crippen LogP contribution in [-0.4, -0.2) is 39.6 Å². The second kappa shape index (κ2) is 5.37. The van der Waals surface area contributed by atoms with Gasteiger partial charge < -0.3 is 4.90 Å². The molecule has 2 rings (SSSR count). The summed E-state index contributed by atoms with van der Waals surface area (Å²) in [7, 11) is -8.21. The third kappa shape index (κ3) is 3.79. The van der Waals surface area contributed by atoms with Gasteiger partial charge in [-0.15, -0.1) is 0 Å². The van der Waals surface area contributed by atoms with E-state index in [2.05, 4.69) is 0 Å². The Morgan fingerprint density at radius 1 is 1.24 bits per heavy atom. The van der Waals surface area contributed by atoms with Crippen LogP contribution in [0.2, 0.25) is 0 Å². The van der Waals surface area contributed by atoms with Crippen LogP contribution in [0, 0.1) is 5.92 Å². The van der Waals surface area contributed by atoms with Crippen LogP contribution in [0.1, 0.15) is 6.42 Å². The standard InChI is InChI=1S/C11H14N2O6S2/c12-20(15,16)7-8-5-11(14)13(6-8)9-3-1-2-4-10(9)21(17,18)19/h1-4,8H,5-7H2,(H2,12,15,16)(H,17,18,19). The number of para-hydroxylation sites is 1. The highest BCUT2D eigenvalue weighted by molar-refractivity contribution is 7.89. The van der Waals surface area contributed by atoms with Gasteiger partial charge in [0.2, 0.25) is 15.9 Å². The number of hydrogen-bond donors (Lipinski definition) is 2. The van der Waals surface area contributed by atoms with E-state index in [1.807, 2.05) is 0 Å². The van der Waals surface area contributed by atoms with Crippen molar-refractivity contribution in [2.75, 3.05) is 17.2 Å². The number of hydrogen-bond acceptors (Lipinski definition) is 5. The van der Waals surface area contributed by atoms with Crippen LogP contribution in [0.3, 0.4) is 0 Å². The van der Waals surface area contributed by atoms with Crippen molar-refractivity contribution in [1.29, 1.82) is 0 Å². The Bertz CT molecular complexity index is 772. The topological polar surface area (TPSA) is 135 Å². The number of nitrogens with zero attached hydrogens (tertiary/aromatic N) is 1. The second-order valence-electron chi connectivity index (χ2n) is 4.85. The number of carbonyl (C=O) groups is 1. The van der Waals surface area contributed by atoms with Crippen LogP contribution >= 0.6 is 0 Å². The average molecular weight is 334 g/mol. The number of carbonyl (C=O) groups excluding carboxylic acids is 1. The van der Waals surface area contributed by atoms with E-state index in [-0.39, 0.29) is 24.4 Å². The lowest BCUT2D eigenvalue weighted by atomic mass is 10.1. The van der Waals surface area contributed by atoms with Gasteiger partial charge in [0.05, 0.1) is 11.4 Å². The van der Waals surface area contributed by atoms with E-state index in [0.717, 1.165) is 4.90 Å². The summed E-state index contributed by atoms with van der Waals surface area (Å²) in [5.74, 6) is -1.29. The molecule has 8 nitrogen and oxygen atoms in total. The lowest BCUT2D eigenvalue weighted by Gasteiger charge is -2.19. The lowest BCUT2D eigenvalue weighted by molar-refractivity contribution is -0.117. The minimum absolute atomic E-state index is 0.0296. The number of anilines is 1. The normalized spacial score (nSPS) is 20.0. The molecule has 1 aromatic carbocycles. The van der Waals surface area contributed by atoms with Gasteiger partial charge in [-0.3, -0.25) is 9.35 Å². The first-order chi connectivity index (χ1) is 9.58. The summed E-state index contributed by atoms with van der Waals surface area (Å²) in [6.45, 7) is 0.0296. The molecule has 0 spiro atoms. The molecule has 1 aromatic rings. The van der Waals surface area contributed by atoms with E-state index in [0.29, 0.717) is 0 Å². The maximum atomic E-state index is 12.0. The molecule has 10 heteroatoms. The molecule has 1 aliphatic rings. The summed E-state index contributed by atoms with van der Waals surface area (Å²) in [4.78, 5) is 12.7. The molecule has 1 heterocycles. The van der Waals surface area contributed by atoms with Gasteiger partial charge in [-0.1, -0.05) is 12.1 Å². The average Bonchev–Trinajstić information content (AvgIpc) is 2.66. The van der Waals surface area contributed by atoms with Crippen molar-refractivity contribution in [3.8, 4) is 0 Å². The Labute approximate surface area is 122 Å². The molecule has 0 aromatic heterocycles. The number of amides is 1. The van der Waals surface area contributed by atoms with E-state index >= 15 is 0 Å². The Kier molecular flexibility index (Phi) is 4.06. The maximum Gasteiger partial charge on any atom is 0.296 e. The Morgan fingerprint density at radius 3 is 2.43 bits per heavy atom. The Morgan fingerprint density at radius 2 is 1.86 bits per heavy atom. The molecule has 0 aliphatic carbocycles. The van der Waals surface area contributed by atoms with Gasteiger partial charge in [-0.05, 0) is 12.1 Å². The van der Waals surface area contributed by atoms with Crippen LogP contribution in [0.4, 0.5) is 5.69 Å². The molecule has 1 saturated heterocycles. The zero-order valence-electron chi connectivity index (χ0n) is 10.8. The molecule has 0 saturated carbocycles. The van der Waals surface area contributed by atoms with Gasteiger partial charge in [0.1, 0.15) is 4.90 Å². The molecular weight excluding hydrogens is 320 g/mol. The molecular formula is C11H14N2O6S2. The smallest absolute Gasteiger partial charge is 0.296 e. The summed E-state index contributed by atoms with van der Waals surface area (Å²) >= 11 is 0. The molecule has 1 fully saturated rings. The molecule has 1 unspecified atom stereocenters. The molecule has 1 atom stereocenters. The highest BCUT2D eigenvalue weighted by atomic mass is 32.2. The molecule has 116 valence electrons. The van der Waals surface area contributed by atoms with Crippen molar-refractivity contribution in [3.05, 3.63) is 24.3 Å². The van der Waals surface area contributed by atoms with Crippen molar-refractivity contribution in [1.82, 2.24) is 0 Å². The van der Waals surface area contributed by atoms with E-state index in [4.69, 9.17) is 5.14 Å². The predicted octanol–water partition coefficient (Wildman–Crippen LogP) is -0.425. The minimum atomic E-state index is -4.48. The van der Waals surface area contributed by atoms with Gasteiger partial charge in [0.15, 0.2) is 0 Å². The fraction of sp³-hybridized carbons (Fsp3) is 0.364. The fourth-order valence-electron chi connectivity index (χ4n) is 2.35. The van der Waals surface area contributed by atoms with Gasteiger partial charge in [-0.2, -0.15) is 8.42 Å². The Balaban J connectivity index is 2.34. The third-order valence-corrected chi connectivity index (χ3v) is 4.94. The summed E-state index contributed by atoms with van der Waals surface area (Å²) in [5, 5.41) is 4.95. The lowest BCUT2D eigenvalue weighted by Crippen LogP contribution is -2.28. The third-order valence-electron chi connectivity index (χ3n) is 3.11. The van der Waals surface area contributed by atoms with E-state index < -0.39 is 36.9 Å². The number of sulfonamides is 1. The van der Waals surface area contributed by atoms with Crippen molar-refractivity contribution < 1.29 is 26.2 Å². The summed E-state index contributed by atoms with van der Waals surface area (Å²) in [6, 6.07) is 5.48. The van der Waals surface area contributed by atoms with Crippen LogP contribution in [0.15, 0.2) is 29.2 Å². The molecule has 0 bridgehead atoms. The Hall–Kier alpha value is -1.49. The van der Waals surface area contributed by atoms with Crippen molar-refractivity contribution in [2.24, 2.45) is 11.1 Å². The van der Waals surface area contributed by atoms with Crippen LogP contribution in [0.5, 0.6) is 0 Å². The summed E-state index contributed by atoms with van der Waals surface area (Å²) in [6.07, 6.45) is -0.0454. The summed E-state index contributed by atoms with van der Waals surface area (Å²) in [5.41, 5.74) is 0.0296. The van der Waals surface area contributed by atoms with Crippen molar-refractivity contribution >= 4 is 31.7 Å². The van der Waals surface area contributed by atoms with Gasteiger partial charge in [0.25, 0.3) is 10.1 Å². The predicted molar refractivity (Wildman–Crippen MR) is 74.7 cm³/mol. The highest BCUT2D eigenvalue weighted by Gasteiger charge is 2.35. The molecule has 21 heavy (non-hydrogen) atoms. The molecule has 3 N–H and O–H groups in total. The zero-order valence-corrected chi connectivity index (χ0v) is 12.5. The monoisotopic (exact) mass is 334 g/mol. The van der Waals surface area contributed by atoms with Crippen LogP contribution < -0.4 is 10.0 Å². The van der Waals surface area contributed by atoms with Crippen LogP contribution in [-0.2, 0) is 24.9 Å². The first-order valence-corrected chi connectivity index (χ1v) is 9.11. The van der Waals surface area contributed by atoms with E-state index in [1.54, 1.807) is 0 Å². The fourth-order valence-corrected chi connectivity index (χ4v) is 3.93. The first kappa shape index (κ1) is 15.9. The zero-order chi connectivity index (χ0) is 15.8. The SMILES string of the molecule is NS(=O)(=O)CC1CC(=O)N(c2ccccc2S(=O)(=O)O)C1. The van der Waals surface area contributed by atoms with Crippen molar-refractivity contribution in [3.63, 3.8) is 0 Å². The second-order valence-corrected chi connectivity index (χ2v) is 7.90. The molecule has 0 radical (unpaired) electrons.